The first kappa shape index (κ1) is 19.9. The summed E-state index contributed by atoms with van der Waals surface area (Å²) in [4.78, 5) is 24.8. The first-order chi connectivity index (χ1) is 13.5. The van der Waals surface area contributed by atoms with Crippen LogP contribution in [0.25, 0.3) is 0 Å². The number of hydrogen-bond acceptors (Lipinski definition) is 4. The quantitative estimate of drug-likeness (QED) is 0.732. The highest BCUT2D eigenvalue weighted by molar-refractivity contribution is 5.94. The van der Waals surface area contributed by atoms with Gasteiger partial charge in [-0.15, -0.1) is 0 Å². The van der Waals surface area contributed by atoms with Crippen molar-refractivity contribution in [3.8, 4) is 5.75 Å². The van der Waals surface area contributed by atoms with Crippen LogP contribution in [0, 0.1) is 5.82 Å². The first-order valence-electron chi connectivity index (χ1n) is 9.50. The van der Waals surface area contributed by atoms with Crippen molar-refractivity contribution >= 4 is 11.9 Å². The second-order valence-electron chi connectivity index (χ2n) is 6.95. The second-order valence-corrected chi connectivity index (χ2v) is 6.95. The van der Waals surface area contributed by atoms with Crippen LogP contribution < -0.4 is 10.1 Å². The molecular formula is C22H24FNO4. The monoisotopic (exact) mass is 385 g/mol. The van der Waals surface area contributed by atoms with Gasteiger partial charge in [0.1, 0.15) is 23.7 Å². The van der Waals surface area contributed by atoms with Crippen molar-refractivity contribution in [3.05, 3.63) is 65.5 Å². The number of benzene rings is 2. The van der Waals surface area contributed by atoms with E-state index in [4.69, 9.17) is 9.47 Å². The lowest BCUT2D eigenvalue weighted by atomic mass is 10.2. The van der Waals surface area contributed by atoms with Gasteiger partial charge in [-0.1, -0.05) is 37.1 Å². The van der Waals surface area contributed by atoms with Crippen LogP contribution >= 0.6 is 0 Å². The molecule has 2 aromatic carbocycles. The van der Waals surface area contributed by atoms with Gasteiger partial charge >= 0.3 is 5.97 Å². The van der Waals surface area contributed by atoms with Crippen LogP contribution in [-0.4, -0.2) is 24.0 Å². The Balaban J connectivity index is 1.59. The molecular weight excluding hydrogens is 361 g/mol. The molecule has 0 radical (unpaired) electrons. The second kappa shape index (κ2) is 9.35. The van der Waals surface area contributed by atoms with E-state index in [9.17, 15) is 14.0 Å². The average Bonchev–Trinajstić information content (AvgIpc) is 3.20. The van der Waals surface area contributed by atoms with Gasteiger partial charge in [0.15, 0.2) is 6.10 Å². The number of halogens is 1. The van der Waals surface area contributed by atoms with Crippen LogP contribution in [0.3, 0.4) is 0 Å². The number of carbonyl (C=O) groups is 2. The normalized spacial score (nSPS) is 15.1. The van der Waals surface area contributed by atoms with Gasteiger partial charge < -0.3 is 14.8 Å². The van der Waals surface area contributed by atoms with Crippen LogP contribution in [0.2, 0.25) is 0 Å². The summed E-state index contributed by atoms with van der Waals surface area (Å²) in [6, 6.07) is 12.8. The smallest absolute Gasteiger partial charge is 0.342 e. The summed E-state index contributed by atoms with van der Waals surface area (Å²) >= 11 is 0. The van der Waals surface area contributed by atoms with Crippen LogP contribution in [0.1, 0.15) is 48.5 Å². The number of hydrogen-bond donors (Lipinski definition) is 1. The van der Waals surface area contributed by atoms with E-state index < -0.39 is 12.1 Å². The molecule has 1 aliphatic rings. The molecule has 0 heterocycles. The van der Waals surface area contributed by atoms with Crippen molar-refractivity contribution in [2.45, 2.75) is 51.4 Å². The van der Waals surface area contributed by atoms with E-state index in [2.05, 4.69) is 5.32 Å². The van der Waals surface area contributed by atoms with Crippen LogP contribution in [0.4, 0.5) is 4.39 Å². The number of nitrogens with one attached hydrogen (secondary N) is 1. The van der Waals surface area contributed by atoms with E-state index in [0.717, 1.165) is 31.2 Å². The van der Waals surface area contributed by atoms with Gasteiger partial charge in [-0.05, 0) is 49.6 Å². The minimum atomic E-state index is -0.891. The fourth-order valence-corrected chi connectivity index (χ4v) is 3.17. The highest BCUT2D eigenvalue weighted by Crippen LogP contribution is 2.22. The molecule has 1 N–H and O–H groups in total. The van der Waals surface area contributed by atoms with Crippen molar-refractivity contribution in [1.82, 2.24) is 5.32 Å². The van der Waals surface area contributed by atoms with E-state index in [-0.39, 0.29) is 29.9 Å². The molecule has 1 aliphatic carbocycles. The number of para-hydroxylation sites is 1. The zero-order chi connectivity index (χ0) is 19.9. The molecule has 0 aromatic heterocycles. The maximum atomic E-state index is 13.0. The predicted octanol–water partition coefficient (Wildman–Crippen LogP) is 4.01. The summed E-state index contributed by atoms with van der Waals surface area (Å²) in [5.74, 6) is -0.883. The van der Waals surface area contributed by atoms with Gasteiger partial charge in [0, 0.05) is 6.04 Å². The summed E-state index contributed by atoms with van der Waals surface area (Å²) in [6.45, 7) is 1.74. The van der Waals surface area contributed by atoms with E-state index in [1.807, 2.05) is 0 Å². The van der Waals surface area contributed by atoms with Crippen molar-refractivity contribution in [3.63, 3.8) is 0 Å². The lowest BCUT2D eigenvalue weighted by Gasteiger charge is -2.18. The molecule has 1 atom stereocenters. The maximum Gasteiger partial charge on any atom is 0.342 e. The van der Waals surface area contributed by atoms with E-state index >= 15 is 0 Å². The average molecular weight is 385 g/mol. The lowest BCUT2D eigenvalue weighted by Crippen LogP contribution is -2.40. The molecule has 0 saturated heterocycles. The van der Waals surface area contributed by atoms with Crippen molar-refractivity contribution in [2.75, 3.05) is 0 Å². The standard InChI is InChI=1S/C22H24FNO4/c1-15(21(25)24-18-6-2-3-7-18)28-22(26)19-8-4-5-9-20(19)27-14-16-10-12-17(23)13-11-16/h4-5,8-13,15,18H,2-3,6-7,14H2,1H3,(H,24,25). The SMILES string of the molecule is CC(OC(=O)c1ccccc1OCc1ccc(F)cc1)C(=O)NC1CCCC1. The zero-order valence-electron chi connectivity index (χ0n) is 15.8. The Kier molecular flexibility index (Phi) is 6.63. The van der Waals surface area contributed by atoms with Crippen molar-refractivity contribution < 1.29 is 23.5 Å². The molecule has 2 aromatic rings. The molecule has 28 heavy (non-hydrogen) atoms. The minimum Gasteiger partial charge on any atom is -0.488 e. The van der Waals surface area contributed by atoms with E-state index in [1.54, 1.807) is 43.3 Å². The molecule has 1 amide bonds. The Hall–Kier alpha value is -2.89. The topological polar surface area (TPSA) is 64.6 Å². The molecule has 1 unspecified atom stereocenters. The minimum absolute atomic E-state index is 0.167. The Morgan fingerprint density at radius 1 is 1.11 bits per heavy atom. The lowest BCUT2D eigenvalue weighted by molar-refractivity contribution is -0.129. The maximum absolute atomic E-state index is 13.0. The number of amides is 1. The largest absolute Gasteiger partial charge is 0.488 e. The fraction of sp³-hybridized carbons (Fsp3) is 0.364. The summed E-state index contributed by atoms with van der Waals surface area (Å²) < 4.78 is 24.0. The first-order valence-corrected chi connectivity index (χ1v) is 9.50. The molecule has 148 valence electrons. The third-order valence-corrected chi connectivity index (χ3v) is 4.77. The van der Waals surface area contributed by atoms with Crippen molar-refractivity contribution in [2.24, 2.45) is 0 Å². The summed E-state index contributed by atoms with van der Waals surface area (Å²) in [7, 11) is 0. The predicted molar refractivity (Wildman–Crippen MR) is 102 cm³/mol. The van der Waals surface area contributed by atoms with Crippen LogP contribution in [0.5, 0.6) is 5.75 Å². The number of ether oxygens (including phenoxy) is 2. The van der Waals surface area contributed by atoms with Gasteiger partial charge in [0.2, 0.25) is 0 Å². The fourth-order valence-electron chi connectivity index (χ4n) is 3.17. The Labute approximate surface area is 163 Å². The van der Waals surface area contributed by atoms with Crippen LogP contribution in [-0.2, 0) is 16.1 Å². The molecule has 0 spiro atoms. The Morgan fingerprint density at radius 3 is 2.50 bits per heavy atom. The summed E-state index contributed by atoms with van der Waals surface area (Å²) in [5.41, 5.74) is 1.01. The molecule has 0 bridgehead atoms. The van der Waals surface area contributed by atoms with Gasteiger partial charge in [-0.2, -0.15) is 0 Å². The van der Waals surface area contributed by atoms with Crippen LogP contribution in [0.15, 0.2) is 48.5 Å². The van der Waals surface area contributed by atoms with Gasteiger partial charge in [-0.25, -0.2) is 9.18 Å². The van der Waals surface area contributed by atoms with Gasteiger partial charge in [-0.3, -0.25) is 4.79 Å². The number of carbonyl (C=O) groups excluding carboxylic acids is 2. The molecule has 1 fully saturated rings. The summed E-state index contributed by atoms with van der Waals surface area (Å²) in [5, 5.41) is 2.92. The van der Waals surface area contributed by atoms with E-state index in [0.29, 0.717) is 5.75 Å². The third kappa shape index (κ3) is 5.31. The van der Waals surface area contributed by atoms with E-state index in [1.165, 1.54) is 12.1 Å². The number of esters is 1. The van der Waals surface area contributed by atoms with Gasteiger partial charge in [0.05, 0.1) is 0 Å². The molecule has 1 saturated carbocycles. The third-order valence-electron chi connectivity index (χ3n) is 4.77. The molecule has 6 heteroatoms. The molecule has 0 aliphatic heterocycles. The Morgan fingerprint density at radius 2 is 1.79 bits per heavy atom. The number of rotatable bonds is 7. The van der Waals surface area contributed by atoms with Gasteiger partial charge in [0.25, 0.3) is 5.91 Å². The molecule has 3 rings (SSSR count). The van der Waals surface area contributed by atoms with Crippen molar-refractivity contribution in [1.29, 1.82) is 0 Å². The highest BCUT2D eigenvalue weighted by Gasteiger charge is 2.24. The Bertz CT molecular complexity index is 816. The zero-order valence-corrected chi connectivity index (χ0v) is 15.8. The summed E-state index contributed by atoms with van der Waals surface area (Å²) in [6.07, 6.45) is 3.26. The molecule has 5 nitrogen and oxygen atoms in total. The highest BCUT2D eigenvalue weighted by atomic mass is 19.1.